The molecule has 1 amide bonds. The van der Waals surface area contributed by atoms with E-state index in [4.69, 9.17) is 16.1 Å². The highest BCUT2D eigenvalue weighted by Crippen LogP contribution is 2.14. The van der Waals surface area contributed by atoms with Gasteiger partial charge in [0.15, 0.2) is 6.33 Å². The molecular weight excluding hydrogens is 282 g/mol. The van der Waals surface area contributed by atoms with Crippen LogP contribution in [0.4, 0.5) is 5.82 Å². The van der Waals surface area contributed by atoms with E-state index in [1.165, 1.54) is 12.4 Å². The van der Waals surface area contributed by atoms with Gasteiger partial charge in [-0.05, 0) is 19.1 Å². The van der Waals surface area contributed by atoms with Crippen LogP contribution in [0.2, 0.25) is 5.15 Å². The molecule has 0 aliphatic carbocycles. The number of rotatable bonds is 6. The zero-order valence-electron chi connectivity index (χ0n) is 10.9. The van der Waals surface area contributed by atoms with Gasteiger partial charge < -0.3 is 15.2 Å². The van der Waals surface area contributed by atoms with Crippen molar-refractivity contribution in [3.05, 3.63) is 35.1 Å². The molecule has 0 radical (unpaired) electrons. The second-order valence-corrected chi connectivity index (χ2v) is 4.32. The number of aromatic nitrogens is 3. The second-order valence-electron chi connectivity index (χ2n) is 3.94. The van der Waals surface area contributed by atoms with Crippen molar-refractivity contribution in [2.75, 3.05) is 18.4 Å². The first-order valence-corrected chi connectivity index (χ1v) is 6.52. The number of nitrogens with zero attached hydrogens (tertiary/aromatic N) is 3. The van der Waals surface area contributed by atoms with E-state index in [1.54, 1.807) is 6.07 Å². The predicted octanol–water partition coefficient (Wildman–Crippen LogP) is 1.52. The lowest BCUT2D eigenvalue weighted by Gasteiger charge is -2.07. The van der Waals surface area contributed by atoms with Gasteiger partial charge in [-0.3, -0.25) is 4.79 Å². The molecule has 2 N–H and O–H groups in total. The van der Waals surface area contributed by atoms with Gasteiger partial charge in [0.25, 0.3) is 5.91 Å². The Morgan fingerprint density at radius 3 is 3.00 bits per heavy atom. The van der Waals surface area contributed by atoms with Crippen molar-refractivity contribution in [3.8, 4) is 0 Å². The van der Waals surface area contributed by atoms with Gasteiger partial charge in [-0.1, -0.05) is 16.8 Å². The summed E-state index contributed by atoms with van der Waals surface area (Å²) in [5.74, 6) is 0.821. The molecule has 7 nitrogen and oxygen atoms in total. The molecule has 0 fully saturated rings. The molecule has 0 aromatic carbocycles. The van der Waals surface area contributed by atoms with E-state index in [2.05, 4.69) is 25.8 Å². The van der Waals surface area contributed by atoms with Gasteiger partial charge >= 0.3 is 0 Å². The minimum Gasteiger partial charge on any atom is -0.370 e. The van der Waals surface area contributed by atoms with E-state index >= 15 is 0 Å². The lowest BCUT2D eigenvalue weighted by molar-refractivity contribution is 0.0953. The molecule has 0 aliphatic rings. The van der Waals surface area contributed by atoms with Gasteiger partial charge in [-0.2, -0.15) is 4.98 Å². The van der Waals surface area contributed by atoms with Crippen molar-refractivity contribution in [1.29, 1.82) is 0 Å². The van der Waals surface area contributed by atoms with Crippen molar-refractivity contribution in [2.24, 2.45) is 0 Å². The number of hydrogen-bond acceptors (Lipinski definition) is 6. The van der Waals surface area contributed by atoms with Crippen LogP contribution in [0.3, 0.4) is 0 Å². The molecule has 0 bridgehead atoms. The first-order valence-electron chi connectivity index (χ1n) is 6.14. The average molecular weight is 296 g/mol. The van der Waals surface area contributed by atoms with Crippen molar-refractivity contribution >= 4 is 23.3 Å². The van der Waals surface area contributed by atoms with Gasteiger partial charge in [-0.15, -0.1) is 0 Å². The molecule has 20 heavy (non-hydrogen) atoms. The highest BCUT2D eigenvalue weighted by atomic mass is 35.5. The Kier molecular flexibility index (Phi) is 4.89. The Labute approximate surface area is 120 Å². The summed E-state index contributed by atoms with van der Waals surface area (Å²) < 4.78 is 4.84. The van der Waals surface area contributed by atoms with Gasteiger partial charge in [-0.25, -0.2) is 4.98 Å². The molecule has 0 saturated carbocycles. The standard InChI is InChI=1S/C12H14ClN5O2/c1-2-14-10-6-8(5-9(13)18-10)12(19)15-4-3-11-16-7-17-20-11/h5-7H,2-4H2,1H3,(H,14,18)(H,15,19). The number of halogens is 1. The molecule has 0 unspecified atom stereocenters. The number of nitrogens with one attached hydrogen (secondary N) is 2. The highest BCUT2D eigenvalue weighted by Gasteiger charge is 2.09. The number of carbonyl (C=O) groups is 1. The van der Waals surface area contributed by atoms with Crippen LogP contribution in [0.5, 0.6) is 0 Å². The Morgan fingerprint density at radius 2 is 2.30 bits per heavy atom. The van der Waals surface area contributed by atoms with E-state index in [9.17, 15) is 4.79 Å². The molecule has 2 rings (SSSR count). The minimum atomic E-state index is -0.229. The third-order valence-corrected chi connectivity index (χ3v) is 2.64. The molecule has 0 saturated heterocycles. The van der Waals surface area contributed by atoms with Crippen molar-refractivity contribution in [2.45, 2.75) is 13.3 Å². The largest absolute Gasteiger partial charge is 0.370 e. The fourth-order valence-corrected chi connectivity index (χ4v) is 1.80. The maximum Gasteiger partial charge on any atom is 0.251 e. The average Bonchev–Trinajstić information content (AvgIpc) is 2.91. The van der Waals surface area contributed by atoms with Crippen LogP contribution in [-0.2, 0) is 6.42 Å². The van der Waals surface area contributed by atoms with Crippen LogP contribution < -0.4 is 10.6 Å². The van der Waals surface area contributed by atoms with E-state index < -0.39 is 0 Å². The van der Waals surface area contributed by atoms with Crippen LogP contribution in [0.15, 0.2) is 23.0 Å². The first-order chi connectivity index (χ1) is 9.69. The van der Waals surface area contributed by atoms with Crippen molar-refractivity contribution < 1.29 is 9.32 Å². The Balaban J connectivity index is 1.94. The zero-order chi connectivity index (χ0) is 14.4. The zero-order valence-corrected chi connectivity index (χ0v) is 11.6. The summed E-state index contributed by atoms with van der Waals surface area (Å²) in [6.45, 7) is 3.04. The number of carbonyl (C=O) groups excluding carboxylic acids is 1. The number of amides is 1. The molecule has 8 heteroatoms. The van der Waals surface area contributed by atoms with Crippen molar-refractivity contribution in [1.82, 2.24) is 20.4 Å². The van der Waals surface area contributed by atoms with Crippen LogP contribution in [0.1, 0.15) is 23.2 Å². The maximum atomic E-state index is 12.0. The molecule has 106 valence electrons. The Bertz CT molecular complexity index is 573. The Morgan fingerprint density at radius 1 is 1.45 bits per heavy atom. The van der Waals surface area contributed by atoms with E-state index in [0.29, 0.717) is 36.8 Å². The predicted molar refractivity (Wildman–Crippen MR) is 73.7 cm³/mol. The summed E-state index contributed by atoms with van der Waals surface area (Å²) in [5.41, 5.74) is 0.450. The van der Waals surface area contributed by atoms with E-state index in [-0.39, 0.29) is 11.1 Å². The van der Waals surface area contributed by atoms with E-state index in [1.807, 2.05) is 6.92 Å². The van der Waals surface area contributed by atoms with E-state index in [0.717, 1.165) is 0 Å². The minimum absolute atomic E-state index is 0.229. The number of hydrogen-bond donors (Lipinski definition) is 2. The number of pyridine rings is 1. The topological polar surface area (TPSA) is 92.9 Å². The first kappa shape index (κ1) is 14.3. The summed E-state index contributed by atoms with van der Waals surface area (Å²) in [7, 11) is 0. The third-order valence-electron chi connectivity index (χ3n) is 2.45. The molecule has 2 aromatic rings. The normalized spacial score (nSPS) is 10.3. The fraction of sp³-hybridized carbons (Fsp3) is 0.333. The molecule has 0 spiro atoms. The molecule has 2 heterocycles. The lowest BCUT2D eigenvalue weighted by atomic mass is 10.2. The SMILES string of the molecule is CCNc1cc(C(=O)NCCc2ncno2)cc(Cl)n1. The summed E-state index contributed by atoms with van der Waals surface area (Å²) in [6, 6.07) is 3.17. The van der Waals surface area contributed by atoms with Crippen LogP contribution in [0, 0.1) is 0 Å². The fourth-order valence-electron chi connectivity index (χ4n) is 1.59. The second kappa shape index (κ2) is 6.85. The summed E-state index contributed by atoms with van der Waals surface area (Å²) >= 11 is 5.88. The smallest absolute Gasteiger partial charge is 0.251 e. The van der Waals surface area contributed by atoms with Gasteiger partial charge in [0.2, 0.25) is 5.89 Å². The lowest BCUT2D eigenvalue weighted by Crippen LogP contribution is -2.26. The number of anilines is 1. The van der Waals surface area contributed by atoms with Gasteiger partial charge in [0.1, 0.15) is 11.0 Å². The van der Waals surface area contributed by atoms with Gasteiger partial charge in [0.05, 0.1) is 0 Å². The quantitative estimate of drug-likeness (QED) is 0.785. The summed E-state index contributed by atoms with van der Waals surface area (Å²) in [5, 5.41) is 9.52. The summed E-state index contributed by atoms with van der Waals surface area (Å²) in [6.07, 6.45) is 1.80. The van der Waals surface area contributed by atoms with Crippen molar-refractivity contribution in [3.63, 3.8) is 0 Å². The Hall–Kier alpha value is -2.15. The molecule has 0 atom stereocenters. The molecule has 2 aromatic heterocycles. The van der Waals surface area contributed by atoms with Crippen LogP contribution in [0.25, 0.3) is 0 Å². The van der Waals surface area contributed by atoms with Gasteiger partial charge in [0, 0.05) is 25.1 Å². The highest BCUT2D eigenvalue weighted by molar-refractivity contribution is 6.29. The van der Waals surface area contributed by atoms with Crippen LogP contribution >= 0.6 is 11.6 Å². The summed E-state index contributed by atoms with van der Waals surface area (Å²) in [4.78, 5) is 19.9. The third kappa shape index (κ3) is 3.92. The molecular formula is C12H14ClN5O2. The van der Waals surface area contributed by atoms with Crippen LogP contribution in [-0.4, -0.2) is 34.1 Å². The monoisotopic (exact) mass is 295 g/mol. The molecule has 0 aliphatic heterocycles. The maximum absolute atomic E-state index is 12.0.